The average Bonchev–Trinajstić information content (AvgIpc) is 2.57. The van der Waals surface area contributed by atoms with E-state index in [9.17, 15) is 9.59 Å². The van der Waals surface area contributed by atoms with Crippen LogP contribution in [-0.2, 0) is 20.7 Å². The summed E-state index contributed by atoms with van der Waals surface area (Å²) in [5, 5.41) is 1.07. The van der Waals surface area contributed by atoms with Crippen LogP contribution in [-0.4, -0.2) is 18.9 Å². The van der Waals surface area contributed by atoms with E-state index < -0.39 is 0 Å². The van der Waals surface area contributed by atoms with Gasteiger partial charge in [0.1, 0.15) is 5.78 Å². The van der Waals surface area contributed by atoms with E-state index in [0.29, 0.717) is 34.7 Å². The summed E-state index contributed by atoms with van der Waals surface area (Å²) in [5.74, 6) is 1.18. The molecule has 0 atom stereocenters. The van der Waals surface area contributed by atoms with Crippen molar-refractivity contribution in [1.29, 1.82) is 0 Å². The maximum Gasteiger partial charge on any atom is 0.306 e. The lowest BCUT2D eigenvalue weighted by Crippen LogP contribution is -2.34. The summed E-state index contributed by atoms with van der Waals surface area (Å²) in [6, 6.07) is 5.20. The van der Waals surface area contributed by atoms with E-state index in [1.54, 1.807) is 18.2 Å². The number of rotatable bonds is 7. The number of benzene rings is 1. The molecule has 0 N–H and O–H groups in total. The molecule has 1 aliphatic carbocycles. The maximum atomic E-state index is 12.8. The molecule has 0 aliphatic heterocycles. The van der Waals surface area contributed by atoms with Crippen LogP contribution >= 0.6 is 23.2 Å². The number of methoxy groups -OCH3 is 1. The third-order valence-corrected chi connectivity index (χ3v) is 6.34. The van der Waals surface area contributed by atoms with Crippen molar-refractivity contribution in [2.24, 2.45) is 17.3 Å². The molecule has 0 radical (unpaired) electrons. The Morgan fingerprint density at radius 3 is 2.38 bits per heavy atom. The van der Waals surface area contributed by atoms with Crippen LogP contribution < -0.4 is 0 Å². The summed E-state index contributed by atoms with van der Waals surface area (Å²) in [4.78, 5) is 24.7. The first-order valence-corrected chi connectivity index (χ1v) is 10.0. The van der Waals surface area contributed by atoms with Gasteiger partial charge in [-0.2, -0.15) is 0 Å². The van der Waals surface area contributed by atoms with Crippen LogP contribution in [0.25, 0.3) is 0 Å². The molecule has 2 rings (SSSR count). The second-order valence-corrected chi connectivity index (χ2v) is 8.81. The Hall–Kier alpha value is -1.06. The zero-order valence-corrected chi connectivity index (χ0v) is 17.3. The first-order valence-electron chi connectivity index (χ1n) is 9.27. The minimum Gasteiger partial charge on any atom is -0.469 e. The predicted octanol–water partition coefficient (Wildman–Crippen LogP) is 5.89. The number of halogens is 2. The van der Waals surface area contributed by atoms with Crippen LogP contribution in [0.2, 0.25) is 10.0 Å². The minimum absolute atomic E-state index is 0.112. The predicted molar refractivity (Wildman–Crippen MR) is 106 cm³/mol. The summed E-state index contributed by atoms with van der Waals surface area (Å²) in [5.41, 5.74) is 0.499. The molecule has 0 amide bonds. The second kappa shape index (κ2) is 9.23. The molecule has 5 heteroatoms. The number of esters is 1. The van der Waals surface area contributed by atoms with E-state index in [1.165, 1.54) is 7.11 Å². The number of hydrogen-bond acceptors (Lipinski definition) is 3. The summed E-state index contributed by atoms with van der Waals surface area (Å²) in [6.07, 6.45) is 4.89. The Bertz CT molecular complexity index is 647. The molecule has 1 aliphatic rings. The standard InChI is InChI=1S/C21H28Cl2O3/c1-14(2)15-6-8-21(9-7-15,13-20(25)26-3)12-18(24)10-16-4-5-17(22)11-19(16)23/h4-5,11,14-15H,6-10,12-13H2,1-3H3. The van der Waals surface area contributed by atoms with Crippen molar-refractivity contribution in [3.8, 4) is 0 Å². The van der Waals surface area contributed by atoms with Gasteiger partial charge in [-0.1, -0.05) is 43.1 Å². The second-order valence-electron chi connectivity index (χ2n) is 7.96. The summed E-state index contributed by atoms with van der Waals surface area (Å²) < 4.78 is 4.90. The molecule has 0 heterocycles. The normalized spacial score (nSPS) is 23.1. The van der Waals surface area contributed by atoms with Crippen LogP contribution in [0.5, 0.6) is 0 Å². The van der Waals surface area contributed by atoms with E-state index in [0.717, 1.165) is 31.2 Å². The Balaban J connectivity index is 2.08. The molecule has 1 saturated carbocycles. The van der Waals surface area contributed by atoms with Gasteiger partial charge in [-0.25, -0.2) is 0 Å². The number of carbonyl (C=O) groups excluding carboxylic acids is 2. The van der Waals surface area contributed by atoms with Gasteiger partial charge in [-0.05, 0) is 60.6 Å². The van der Waals surface area contributed by atoms with E-state index in [2.05, 4.69) is 13.8 Å². The summed E-state index contributed by atoms with van der Waals surface area (Å²) in [7, 11) is 1.41. The fourth-order valence-electron chi connectivity index (χ4n) is 4.07. The quantitative estimate of drug-likeness (QED) is 0.537. The van der Waals surface area contributed by atoms with Gasteiger partial charge in [-0.3, -0.25) is 9.59 Å². The lowest BCUT2D eigenvalue weighted by molar-refractivity contribution is -0.144. The highest BCUT2D eigenvalue weighted by atomic mass is 35.5. The van der Waals surface area contributed by atoms with Gasteiger partial charge in [0.25, 0.3) is 0 Å². The number of Topliss-reactive ketones (excluding diaryl/α,β-unsaturated/α-hetero) is 1. The van der Waals surface area contributed by atoms with E-state index in [1.807, 2.05) is 0 Å². The molecule has 1 aromatic rings. The molecule has 3 nitrogen and oxygen atoms in total. The van der Waals surface area contributed by atoms with Crippen molar-refractivity contribution in [3.63, 3.8) is 0 Å². The fraction of sp³-hybridized carbons (Fsp3) is 0.619. The first-order chi connectivity index (χ1) is 12.2. The number of ether oxygens (including phenoxy) is 1. The van der Waals surface area contributed by atoms with Gasteiger partial charge < -0.3 is 4.74 Å². The molecule has 0 spiro atoms. The molecular formula is C21H28Cl2O3. The lowest BCUT2D eigenvalue weighted by atomic mass is 9.64. The van der Waals surface area contributed by atoms with Gasteiger partial charge in [-0.15, -0.1) is 0 Å². The van der Waals surface area contributed by atoms with Crippen molar-refractivity contribution < 1.29 is 14.3 Å². The van der Waals surface area contributed by atoms with Crippen LogP contribution in [0.15, 0.2) is 18.2 Å². The average molecular weight is 399 g/mol. The fourth-order valence-corrected chi connectivity index (χ4v) is 4.55. The van der Waals surface area contributed by atoms with Gasteiger partial charge in [0, 0.05) is 22.9 Å². The maximum absolute atomic E-state index is 12.8. The zero-order valence-electron chi connectivity index (χ0n) is 15.8. The van der Waals surface area contributed by atoms with Crippen LogP contribution in [0.1, 0.15) is 57.9 Å². The third kappa shape index (κ3) is 5.72. The molecule has 0 bridgehead atoms. The van der Waals surface area contributed by atoms with E-state index in [4.69, 9.17) is 27.9 Å². The van der Waals surface area contributed by atoms with Gasteiger partial charge >= 0.3 is 5.97 Å². The molecule has 1 fully saturated rings. The number of ketones is 1. The smallest absolute Gasteiger partial charge is 0.306 e. The SMILES string of the molecule is COC(=O)CC1(CC(=O)Cc2ccc(Cl)cc2Cl)CCC(C(C)C)CC1. The Labute approximate surface area is 166 Å². The topological polar surface area (TPSA) is 43.4 Å². The molecule has 26 heavy (non-hydrogen) atoms. The molecule has 0 aromatic heterocycles. The molecule has 1 aromatic carbocycles. The summed E-state index contributed by atoms with van der Waals surface area (Å²) >= 11 is 12.1. The van der Waals surface area contributed by atoms with E-state index in [-0.39, 0.29) is 23.6 Å². The zero-order chi connectivity index (χ0) is 19.3. The number of carbonyl (C=O) groups is 2. The van der Waals surface area contributed by atoms with Gasteiger partial charge in [0.05, 0.1) is 13.5 Å². The van der Waals surface area contributed by atoms with E-state index >= 15 is 0 Å². The first kappa shape index (κ1) is 21.2. The van der Waals surface area contributed by atoms with Crippen molar-refractivity contribution in [3.05, 3.63) is 33.8 Å². The Kier molecular flexibility index (Phi) is 7.54. The monoisotopic (exact) mass is 398 g/mol. The van der Waals surface area contributed by atoms with Crippen molar-refractivity contribution >= 4 is 35.0 Å². The van der Waals surface area contributed by atoms with Crippen molar-refractivity contribution in [1.82, 2.24) is 0 Å². The lowest BCUT2D eigenvalue weighted by Gasteiger charge is -2.40. The van der Waals surface area contributed by atoms with Crippen LogP contribution in [0, 0.1) is 17.3 Å². The highest BCUT2D eigenvalue weighted by Gasteiger charge is 2.39. The molecule has 0 unspecified atom stereocenters. The summed E-state index contributed by atoms with van der Waals surface area (Å²) in [6.45, 7) is 4.48. The minimum atomic E-state index is -0.283. The molecular weight excluding hydrogens is 371 g/mol. The molecule has 144 valence electrons. The molecule has 0 saturated heterocycles. The van der Waals surface area contributed by atoms with Gasteiger partial charge in [0.15, 0.2) is 0 Å². The third-order valence-electron chi connectivity index (χ3n) is 5.76. The largest absolute Gasteiger partial charge is 0.469 e. The van der Waals surface area contributed by atoms with Crippen LogP contribution in [0.4, 0.5) is 0 Å². The Morgan fingerprint density at radius 2 is 1.85 bits per heavy atom. The highest BCUT2D eigenvalue weighted by Crippen LogP contribution is 2.46. The van der Waals surface area contributed by atoms with Crippen LogP contribution in [0.3, 0.4) is 0 Å². The van der Waals surface area contributed by atoms with Crippen molar-refractivity contribution in [2.75, 3.05) is 7.11 Å². The highest BCUT2D eigenvalue weighted by molar-refractivity contribution is 6.35. The Morgan fingerprint density at radius 1 is 1.19 bits per heavy atom. The number of hydrogen-bond donors (Lipinski definition) is 0. The van der Waals surface area contributed by atoms with Gasteiger partial charge in [0.2, 0.25) is 0 Å². The van der Waals surface area contributed by atoms with Crippen molar-refractivity contribution in [2.45, 2.75) is 58.8 Å².